The number of fused-ring (bicyclic) bond motifs is 2. The minimum atomic E-state index is -4.07. The first-order valence-corrected chi connectivity index (χ1v) is 11.4. The summed E-state index contributed by atoms with van der Waals surface area (Å²) >= 11 is 0. The Bertz CT molecular complexity index is 1200. The molecule has 5 rings (SSSR count). The quantitative estimate of drug-likeness (QED) is 0.617. The summed E-state index contributed by atoms with van der Waals surface area (Å²) in [6.45, 7) is 3.53. The minimum Gasteiger partial charge on any atom is -0.483 e. The molecule has 2 aliphatic rings. The number of aromatic nitrogens is 2. The molecule has 1 atom stereocenters. The molecule has 1 N–H and O–H groups in total. The second kappa shape index (κ2) is 8.64. The van der Waals surface area contributed by atoms with Gasteiger partial charge < -0.3 is 10.0 Å². The molecular formula is C21H23FN4O4S. The Kier molecular flexibility index (Phi) is 5.92. The fraction of sp³-hybridized carbons (Fsp3) is 0.333. The molecule has 0 aliphatic carbocycles. The van der Waals surface area contributed by atoms with Gasteiger partial charge in [0, 0.05) is 38.1 Å². The SMILES string of the molecule is O=CO.O=S(=O)(c1ccccc1F)n1cc(N2CCN3CCCC3C2)c2ncccc21. The van der Waals surface area contributed by atoms with E-state index >= 15 is 0 Å². The van der Waals surface area contributed by atoms with Crippen molar-refractivity contribution in [3.8, 4) is 0 Å². The average molecular weight is 447 g/mol. The van der Waals surface area contributed by atoms with E-state index in [1.54, 1.807) is 24.5 Å². The summed E-state index contributed by atoms with van der Waals surface area (Å²) in [5, 5.41) is 6.89. The van der Waals surface area contributed by atoms with Crippen LogP contribution < -0.4 is 4.90 Å². The highest BCUT2D eigenvalue weighted by Gasteiger charge is 2.33. The predicted octanol–water partition coefficient (Wildman–Crippen LogP) is 2.40. The first-order valence-electron chi connectivity index (χ1n) is 10.0. The molecule has 0 spiro atoms. The number of hydrogen-bond acceptors (Lipinski definition) is 6. The van der Waals surface area contributed by atoms with Crippen LogP contribution in [0.3, 0.4) is 0 Å². The van der Waals surface area contributed by atoms with Crippen molar-refractivity contribution in [2.75, 3.05) is 31.1 Å². The van der Waals surface area contributed by atoms with Crippen molar-refractivity contribution in [2.24, 2.45) is 0 Å². The Morgan fingerprint density at radius 3 is 2.68 bits per heavy atom. The van der Waals surface area contributed by atoms with Crippen molar-refractivity contribution < 1.29 is 22.7 Å². The Labute approximate surface area is 179 Å². The van der Waals surface area contributed by atoms with Crippen molar-refractivity contribution in [3.05, 3.63) is 54.6 Å². The van der Waals surface area contributed by atoms with Gasteiger partial charge in [-0.25, -0.2) is 16.8 Å². The Morgan fingerprint density at radius 1 is 1.13 bits per heavy atom. The molecule has 2 aromatic heterocycles. The van der Waals surface area contributed by atoms with Gasteiger partial charge in [0.2, 0.25) is 0 Å². The lowest BCUT2D eigenvalue weighted by Crippen LogP contribution is -2.50. The van der Waals surface area contributed by atoms with Crippen LogP contribution in [-0.2, 0) is 14.8 Å². The Balaban J connectivity index is 0.000000730. The number of rotatable bonds is 3. The fourth-order valence-electron chi connectivity index (χ4n) is 4.41. The lowest BCUT2D eigenvalue weighted by molar-refractivity contribution is -0.122. The van der Waals surface area contributed by atoms with Crippen molar-refractivity contribution in [1.29, 1.82) is 0 Å². The lowest BCUT2D eigenvalue weighted by atomic mass is 10.1. The molecule has 0 saturated carbocycles. The number of anilines is 1. The predicted molar refractivity (Wildman–Crippen MR) is 114 cm³/mol. The van der Waals surface area contributed by atoms with Gasteiger partial charge in [-0.1, -0.05) is 12.1 Å². The van der Waals surface area contributed by atoms with Crippen LogP contribution >= 0.6 is 0 Å². The molecule has 164 valence electrons. The fourth-order valence-corrected chi connectivity index (χ4v) is 5.84. The summed E-state index contributed by atoms with van der Waals surface area (Å²) in [6.07, 6.45) is 5.64. The van der Waals surface area contributed by atoms with Crippen LogP contribution in [-0.4, -0.2) is 66.1 Å². The molecule has 2 saturated heterocycles. The first-order chi connectivity index (χ1) is 15.0. The molecule has 2 fully saturated rings. The maximum atomic E-state index is 14.3. The molecule has 4 heterocycles. The summed E-state index contributed by atoms with van der Waals surface area (Å²) in [4.78, 5) is 17.2. The maximum Gasteiger partial charge on any atom is 0.290 e. The van der Waals surface area contributed by atoms with Crippen molar-refractivity contribution in [3.63, 3.8) is 0 Å². The summed E-state index contributed by atoms with van der Waals surface area (Å²) < 4.78 is 41.9. The monoisotopic (exact) mass is 446 g/mol. The number of hydrogen-bond donors (Lipinski definition) is 1. The van der Waals surface area contributed by atoms with Crippen LogP contribution in [0.2, 0.25) is 0 Å². The van der Waals surface area contributed by atoms with E-state index in [1.165, 1.54) is 28.6 Å². The standard InChI is InChI=1S/C20H21FN4O2S.CH2O2/c21-16-6-1-2-8-19(16)28(26,27)25-14-18(20-17(25)7-3-9-22-20)24-12-11-23-10-4-5-15(23)13-24;2-1-3/h1-3,6-9,14-15H,4-5,10-13H2;1H,(H,2,3). The highest BCUT2D eigenvalue weighted by Crippen LogP contribution is 2.33. The molecule has 0 radical (unpaired) electrons. The Hall–Kier alpha value is -2.98. The third kappa shape index (κ3) is 3.88. The molecule has 2 aliphatic heterocycles. The van der Waals surface area contributed by atoms with E-state index in [-0.39, 0.29) is 11.4 Å². The van der Waals surface area contributed by atoms with Gasteiger partial charge in [0.15, 0.2) is 0 Å². The third-order valence-electron chi connectivity index (χ3n) is 5.81. The number of carbonyl (C=O) groups is 1. The van der Waals surface area contributed by atoms with Crippen LogP contribution in [0.1, 0.15) is 12.8 Å². The second-order valence-corrected chi connectivity index (χ2v) is 9.28. The Morgan fingerprint density at radius 2 is 1.90 bits per heavy atom. The van der Waals surface area contributed by atoms with Crippen LogP contribution in [0.5, 0.6) is 0 Å². The molecule has 1 unspecified atom stereocenters. The van der Waals surface area contributed by atoms with E-state index in [1.807, 2.05) is 0 Å². The van der Waals surface area contributed by atoms with Gasteiger partial charge in [-0.15, -0.1) is 0 Å². The smallest absolute Gasteiger partial charge is 0.290 e. The first kappa shape index (κ1) is 21.3. The molecule has 1 aromatic carbocycles. The summed E-state index contributed by atoms with van der Waals surface area (Å²) in [5.74, 6) is -0.755. The van der Waals surface area contributed by atoms with Crippen LogP contribution in [0, 0.1) is 5.82 Å². The van der Waals surface area contributed by atoms with Crippen molar-refractivity contribution in [2.45, 2.75) is 23.8 Å². The van der Waals surface area contributed by atoms with Gasteiger partial charge in [-0.2, -0.15) is 0 Å². The van der Waals surface area contributed by atoms with E-state index in [9.17, 15) is 12.8 Å². The van der Waals surface area contributed by atoms with E-state index in [0.29, 0.717) is 17.1 Å². The number of carboxylic acid groups (broad SMARTS) is 1. The normalized spacial score (nSPS) is 19.0. The largest absolute Gasteiger partial charge is 0.483 e. The van der Waals surface area contributed by atoms with Crippen LogP contribution in [0.15, 0.2) is 53.7 Å². The molecule has 0 amide bonds. The highest BCUT2D eigenvalue weighted by molar-refractivity contribution is 7.90. The second-order valence-electron chi connectivity index (χ2n) is 7.50. The summed E-state index contributed by atoms with van der Waals surface area (Å²) in [7, 11) is -4.07. The van der Waals surface area contributed by atoms with E-state index in [0.717, 1.165) is 44.4 Å². The number of pyridine rings is 1. The zero-order chi connectivity index (χ0) is 22.0. The summed E-state index contributed by atoms with van der Waals surface area (Å²) in [6, 6.07) is 9.39. The molecule has 3 aromatic rings. The zero-order valence-corrected chi connectivity index (χ0v) is 17.6. The van der Waals surface area contributed by atoms with E-state index in [2.05, 4.69) is 14.8 Å². The van der Waals surface area contributed by atoms with Gasteiger partial charge in [0.1, 0.15) is 16.2 Å². The van der Waals surface area contributed by atoms with Crippen LogP contribution in [0.25, 0.3) is 11.0 Å². The third-order valence-corrected chi connectivity index (χ3v) is 7.51. The average Bonchev–Trinajstić information content (AvgIpc) is 3.39. The van der Waals surface area contributed by atoms with E-state index in [4.69, 9.17) is 9.90 Å². The molecule has 0 bridgehead atoms. The van der Waals surface area contributed by atoms with Crippen LogP contribution in [0.4, 0.5) is 10.1 Å². The van der Waals surface area contributed by atoms with E-state index < -0.39 is 15.8 Å². The molecule has 31 heavy (non-hydrogen) atoms. The van der Waals surface area contributed by atoms with Gasteiger partial charge in [0.25, 0.3) is 16.5 Å². The molecule has 8 nitrogen and oxygen atoms in total. The zero-order valence-electron chi connectivity index (χ0n) is 16.8. The van der Waals surface area contributed by atoms with Gasteiger partial charge in [-0.05, 0) is 43.7 Å². The number of benzene rings is 1. The lowest BCUT2D eigenvalue weighted by Gasteiger charge is -2.38. The summed E-state index contributed by atoms with van der Waals surface area (Å²) in [5.41, 5.74) is 1.89. The topological polar surface area (TPSA) is 95.7 Å². The maximum absolute atomic E-state index is 14.3. The number of nitrogens with zero attached hydrogens (tertiary/aromatic N) is 4. The van der Waals surface area contributed by atoms with Crippen molar-refractivity contribution in [1.82, 2.24) is 13.9 Å². The van der Waals surface area contributed by atoms with Crippen molar-refractivity contribution >= 4 is 33.2 Å². The van der Waals surface area contributed by atoms with Gasteiger partial charge in [0.05, 0.1) is 11.2 Å². The number of piperazine rings is 1. The highest BCUT2D eigenvalue weighted by atomic mass is 32.2. The number of halogens is 1. The van der Waals surface area contributed by atoms with Gasteiger partial charge in [-0.3, -0.25) is 14.7 Å². The minimum absolute atomic E-state index is 0.250. The molecule has 10 heteroatoms. The van der Waals surface area contributed by atoms with Gasteiger partial charge >= 0.3 is 0 Å². The molecular weight excluding hydrogens is 423 g/mol.